The van der Waals surface area contributed by atoms with Crippen molar-refractivity contribution in [2.24, 2.45) is 5.41 Å². The number of aromatic nitrogens is 4. The fourth-order valence-electron chi connectivity index (χ4n) is 5.67. The minimum absolute atomic E-state index is 0.0229. The van der Waals surface area contributed by atoms with Gasteiger partial charge in [-0.3, -0.25) is 4.90 Å². The number of halogens is 1. The second-order valence-corrected chi connectivity index (χ2v) is 11.8. The third-order valence-electron chi connectivity index (χ3n) is 8.40. The average Bonchev–Trinajstić information content (AvgIpc) is 3.74. The van der Waals surface area contributed by atoms with Crippen LogP contribution in [0, 0.1) is 33.9 Å². The number of nitrogens with zero attached hydrogens (tertiary/aromatic N) is 7. The molecule has 1 aromatic carbocycles. The number of benzene rings is 1. The number of carboxylic acids is 1. The second kappa shape index (κ2) is 13.3. The Kier molecular flexibility index (Phi) is 8.90. The number of fused-ring (bicyclic) bond motifs is 1. The number of piperidine rings is 1. The minimum atomic E-state index is -1.04. The fraction of sp³-hybridized carbons (Fsp3) is 0.353. The first-order chi connectivity index (χ1) is 22.3. The maximum Gasteiger partial charge on any atom is 0.328 e. The van der Waals surface area contributed by atoms with Gasteiger partial charge in [0.25, 0.3) is 0 Å². The van der Waals surface area contributed by atoms with Crippen molar-refractivity contribution in [2.75, 3.05) is 13.1 Å². The summed E-state index contributed by atoms with van der Waals surface area (Å²) in [6, 6.07) is 17.3. The number of aliphatic carboxylic acids is 1. The van der Waals surface area contributed by atoms with Gasteiger partial charge in [-0.2, -0.15) is 10.5 Å². The molecule has 1 N–H and O–H groups in total. The van der Waals surface area contributed by atoms with E-state index in [0.29, 0.717) is 42.4 Å². The molecule has 2 aliphatic rings. The first-order valence-electron chi connectivity index (χ1n) is 15.1. The SMILES string of the molecule is N#CCC1(Cn2c(CN3CCC(Oc4cccc(COc5ccc(C#N)cc5F)n4)CC3)nc3ccc(/C=C/C(=O)O)nc32)CC1. The van der Waals surface area contributed by atoms with Crippen LogP contribution in [-0.2, 0) is 24.5 Å². The molecule has 2 fully saturated rings. The van der Waals surface area contributed by atoms with Crippen LogP contribution in [0.4, 0.5) is 4.39 Å². The summed E-state index contributed by atoms with van der Waals surface area (Å²) >= 11 is 0. The highest BCUT2D eigenvalue weighted by Crippen LogP contribution is 2.50. The Morgan fingerprint density at radius 1 is 1.11 bits per heavy atom. The highest BCUT2D eigenvalue weighted by molar-refractivity contribution is 5.85. The highest BCUT2D eigenvalue weighted by Gasteiger charge is 2.43. The van der Waals surface area contributed by atoms with Crippen LogP contribution in [0.5, 0.6) is 11.6 Å². The zero-order valence-corrected chi connectivity index (χ0v) is 25.1. The van der Waals surface area contributed by atoms with Crippen LogP contribution in [0.2, 0.25) is 0 Å². The van der Waals surface area contributed by atoms with E-state index < -0.39 is 11.8 Å². The van der Waals surface area contributed by atoms with Crippen molar-refractivity contribution < 1.29 is 23.8 Å². The molecule has 1 saturated heterocycles. The van der Waals surface area contributed by atoms with E-state index in [9.17, 15) is 14.4 Å². The molecule has 0 amide bonds. The molecule has 0 bridgehead atoms. The number of hydrogen-bond acceptors (Lipinski definition) is 9. The third kappa shape index (κ3) is 7.31. The van der Waals surface area contributed by atoms with Gasteiger partial charge < -0.3 is 19.1 Å². The fourth-order valence-corrected chi connectivity index (χ4v) is 5.67. The number of likely N-dealkylation sites (tertiary alicyclic amines) is 1. The predicted molar refractivity (Wildman–Crippen MR) is 165 cm³/mol. The lowest BCUT2D eigenvalue weighted by molar-refractivity contribution is -0.131. The maximum absolute atomic E-state index is 14.2. The van der Waals surface area contributed by atoms with E-state index in [4.69, 9.17) is 29.8 Å². The molecule has 0 radical (unpaired) electrons. The summed E-state index contributed by atoms with van der Waals surface area (Å²) in [6.45, 7) is 2.90. The van der Waals surface area contributed by atoms with Gasteiger partial charge in [0.05, 0.1) is 35.6 Å². The van der Waals surface area contributed by atoms with Crippen molar-refractivity contribution in [3.8, 4) is 23.8 Å². The van der Waals surface area contributed by atoms with Crippen molar-refractivity contribution in [1.82, 2.24) is 24.4 Å². The summed E-state index contributed by atoms with van der Waals surface area (Å²) in [4.78, 5) is 27.5. The molecule has 6 rings (SSSR count). The number of ether oxygens (including phenoxy) is 2. The van der Waals surface area contributed by atoms with Crippen LogP contribution in [0.15, 0.2) is 54.6 Å². The lowest BCUT2D eigenvalue weighted by Crippen LogP contribution is -2.38. The Labute approximate surface area is 265 Å². The van der Waals surface area contributed by atoms with E-state index >= 15 is 0 Å². The Bertz CT molecular complexity index is 1860. The van der Waals surface area contributed by atoms with E-state index in [1.54, 1.807) is 18.2 Å². The average molecular weight is 622 g/mol. The van der Waals surface area contributed by atoms with Crippen molar-refractivity contribution in [2.45, 2.75) is 57.9 Å². The Hall–Kier alpha value is -5.33. The lowest BCUT2D eigenvalue weighted by atomic mass is 10.0. The van der Waals surface area contributed by atoms with Gasteiger partial charge in [-0.25, -0.2) is 24.1 Å². The molecule has 4 heterocycles. The molecule has 12 heteroatoms. The number of pyridine rings is 2. The molecule has 1 saturated carbocycles. The van der Waals surface area contributed by atoms with Crippen molar-refractivity contribution in [3.05, 3.63) is 83.2 Å². The Morgan fingerprint density at radius 2 is 1.93 bits per heavy atom. The predicted octanol–water partition coefficient (Wildman–Crippen LogP) is 5.25. The molecule has 46 heavy (non-hydrogen) atoms. The molecule has 4 aromatic rings. The number of carboxylic acid groups (broad SMARTS) is 1. The number of hydrogen-bond donors (Lipinski definition) is 1. The molecule has 1 aliphatic heterocycles. The molecule has 0 atom stereocenters. The van der Waals surface area contributed by atoms with Crippen LogP contribution in [0.25, 0.3) is 17.2 Å². The second-order valence-electron chi connectivity index (χ2n) is 11.8. The topological polar surface area (TPSA) is 150 Å². The van der Waals surface area contributed by atoms with E-state index in [0.717, 1.165) is 62.3 Å². The van der Waals surface area contributed by atoms with Crippen molar-refractivity contribution in [3.63, 3.8) is 0 Å². The molecule has 0 spiro atoms. The van der Waals surface area contributed by atoms with Crippen LogP contribution in [0.1, 0.15) is 54.9 Å². The molecule has 1 aliphatic carbocycles. The van der Waals surface area contributed by atoms with E-state index in [1.807, 2.05) is 18.2 Å². The van der Waals surface area contributed by atoms with Crippen LogP contribution in [-0.4, -0.2) is 54.7 Å². The number of nitriles is 2. The molecule has 3 aromatic heterocycles. The van der Waals surface area contributed by atoms with Gasteiger partial charge >= 0.3 is 5.97 Å². The van der Waals surface area contributed by atoms with Crippen LogP contribution < -0.4 is 9.47 Å². The maximum atomic E-state index is 14.2. The lowest BCUT2D eigenvalue weighted by Gasteiger charge is -2.31. The van der Waals surface area contributed by atoms with E-state index in [1.165, 1.54) is 18.2 Å². The van der Waals surface area contributed by atoms with Crippen molar-refractivity contribution >= 4 is 23.2 Å². The third-order valence-corrected chi connectivity index (χ3v) is 8.40. The molecule has 0 unspecified atom stereocenters. The van der Waals surface area contributed by atoms with Gasteiger partial charge in [0.2, 0.25) is 5.88 Å². The van der Waals surface area contributed by atoms with Gasteiger partial charge in [-0.05, 0) is 68.2 Å². The quantitative estimate of drug-likeness (QED) is 0.208. The van der Waals surface area contributed by atoms with Crippen molar-refractivity contribution in [1.29, 1.82) is 10.5 Å². The first-order valence-corrected chi connectivity index (χ1v) is 15.1. The number of carbonyl (C=O) groups is 1. The first kappa shape index (κ1) is 30.7. The van der Waals surface area contributed by atoms with Crippen LogP contribution >= 0.6 is 0 Å². The zero-order chi connectivity index (χ0) is 32.1. The van der Waals surface area contributed by atoms with E-state index in [-0.39, 0.29) is 29.4 Å². The summed E-state index contributed by atoms with van der Waals surface area (Å²) in [7, 11) is 0. The smallest absolute Gasteiger partial charge is 0.328 e. The monoisotopic (exact) mass is 621 g/mol. The largest absolute Gasteiger partial charge is 0.484 e. The van der Waals surface area contributed by atoms with Crippen LogP contribution in [0.3, 0.4) is 0 Å². The normalized spacial score (nSPS) is 16.2. The van der Waals surface area contributed by atoms with Gasteiger partial charge in [0, 0.05) is 43.6 Å². The number of rotatable bonds is 12. The van der Waals surface area contributed by atoms with E-state index in [2.05, 4.69) is 20.5 Å². The Morgan fingerprint density at radius 3 is 2.65 bits per heavy atom. The molecule has 11 nitrogen and oxygen atoms in total. The summed E-state index contributed by atoms with van der Waals surface area (Å²) < 4.78 is 28.1. The van der Waals surface area contributed by atoms with Gasteiger partial charge in [0.1, 0.15) is 24.1 Å². The summed E-state index contributed by atoms with van der Waals surface area (Å²) in [5, 5.41) is 27.4. The highest BCUT2D eigenvalue weighted by atomic mass is 19.1. The van der Waals surface area contributed by atoms with Gasteiger partial charge in [0.15, 0.2) is 17.2 Å². The standard InChI is InChI=1S/C34H32FN7O4/c35-27-18-23(19-37)4-8-29(27)45-21-25-2-1-3-31(38-25)46-26-10-16-41(17-11-26)20-30-40-28-7-5-24(6-9-32(43)44)39-33(28)42(30)22-34(12-13-34)14-15-36/h1-9,18,26H,10-14,16-17,20-22H2,(H,43,44)/b9-6+. The van der Waals surface area contributed by atoms with Gasteiger partial charge in [-0.15, -0.1) is 0 Å². The minimum Gasteiger partial charge on any atom is -0.484 e. The molecular formula is C34H32FN7O4. The summed E-state index contributed by atoms with van der Waals surface area (Å²) in [6.07, 6.45) is 6.53. The Balaban J connectivity index is 1.09. The summed E-state index contributed by atoms with van der Waals surface area (Å²) in [5.41, 5.74) is 2.72. The summed E-state index contributed by atoms with van der Waals surface area (Å²) in [5.74, 6) is -0.233. The molecule has 234 valence electrons. The molecular weight excluding hydrogens is 589 g/mol. The zero-order valence-electron chi connectivity index (χ0n) is 25.1. The number of imidazole rings is 1. The van der Waals surface area contributed by atoms with Gasteiger partial charge in [-0.1, -0.05) is 6.07 Å².